The molecule has 0 bridgehead atoms. The lowest BCUT2D eigenvalue weighted by molar-refractivity contribution is 0.572. The first-order valence-electron chi connectivity index (χ1n) is 6.57. The SMILES string of the molecule is [CH2]C(CCCCCCCC)c1ccncc1. The molecule has 0 spiro atoms. The lowest BCUT2D eigenvalue weighted by atomic mass is 9.95. The van der Waals surface area contributed by atoms with E-state index >= 15 is 0 Å². The first kappa shape index (κ1) is 13.2. The van der Waals surface area contributed by atoms with Crippen LogP contribution in [0.1, 0.15) is 63.4 Å². The van der Waals surface area contributed by atoms with Gasteiger partial charge < -0.3 is 0 Å². The number of hydrogen-bond donors (Lipinski definition) is 0. The maximum absolute atomic E-state index is 4.21. The van der Waals surface area contributed by atoms with Crippen molar-refractivity contribution in [1.82, 2.24) is 4.98 Å². The maximum Gasteiger partial charge on any atom is 0.0270 e. The largest absolute Gasteiger partial charge is 0.265 e. The number of hydrogen-bond acceptors (Lipinski definition) is 1. The second-order valence-electron chi connectivity index (χ2n) is 4.53. The molecule has 0 saturated carbocycles. The number of unbranched alkanes of at least 4 members (excludes halogenated alkanes) is 5. The zero-order chi connectivity index (χ0) is 11.6. The normalized spacial score (nSPS) is 12.6. The van der Waals surface area contributed by atoms with Crippen molar-refractivity contribution in [3.05, 3.63) is 37.0 Å². The molecule has 0 fully saturated rings. The van der Waals surface area contributed by atoms with Crippen molar-refractivity contribution in [2.45, 2.75) is 57.8 Å². The third-order valence-electron chi connectivity index (χ3n) is 3.08. The van der Waals surface area contributed by atoms with Crippen LogP contribution in [0.4, 0.5) is 0 Å². The molecule has 1 rings (SSSR count). The van der Waals surface area contributed by atoms with Gasteiger partial charge in [-0.25, -0.2) is 0 Å². The van der Waals surface area contributed by atoms with Crippen LogP contribution in [0.5, 0.6) is 0 Å². The molecule has 1 heterocycles. The van der Waals surface area contributed by atoms with E-state index in [1.54, 1.807) is 0 Å². The molecule has 1 radical (unpaired) electrons. The number of nitrogens with zero attached hydrogens (tertiary/aromatic N) is 1. The molecule has 0 aliphatic heterocycles. The van der Waals surface area contributed by atoms with Gasteiger partial charge >= 0.3 is 0 Å². The van der Waals surface area contributed by atoms with E-state index in [0.717, 1.165) is 0 Å². The smallest absolute Gasteiger partial charge is 0.0270 e. The van der Waals surface area contributed by atoms with Crippen molar-refractivity contribution < 1.29 is 0 Å². The predicted molar refractivity (Wildman–Crippen MR) is 70.3 cm³/mol. The number of pyridine rings is 1. The van der Waals surface area contributed by atoms with Gasteiger partial charge in [0.2, 0.25) is 0 Å². The quantitative estimate of drug-likeness (QED) is 0.574. The minimum atomic E-state index is 0.439. The molecule has 89 valence electrons. The second-order valence-corrected chi connectivity index (χ2v) is 4.53. The molecular weight excluding hydrogens is 194 g/mol. The van der Waals surface area contributed by atoms with E-state index in [2.05, 4.69) is 31.0 Å². The molecule has 1 aromatic heterocycles. The summed E-state index contributed by atoms with van der Waals surface area (Å²) in [5.41, 5.74) is 1.32. The van der Waals surface area contributed by atoms with Crippen molar-refractivity contribution in [3.8, 4) is 0 Å². The van der Waals surface area contributed by atoms with Crippen LogP contribution in [-0.2, 0) is 0 Å². The van der Waals surface area contributed by atoms with Crippen molar-refractivity contribution >= 4 is 0 Å². The van der Waals surface area contributed by atoms with Gasteiger partial charge in [-0.1, -0.05) is 45.4 Å². The van der Waals surface area contributed by atoms with Crippen molar-refractivity contribution in [3.63, 3.8) is 0 Å². The van der Waals surface area contributed by atoms with Crippen molar-refractivity contribution in [2.24, 2.45) is 0 Å². The van der Waals surface area contributed by atoms with Gasteiger partial charge in [0, 0.05) is 12.4 Å². The van der Waals surface area contributed by atoms with Gasteiger partial charge in [-0.15, -0.1) is 0 Å². The van der Waals surface area contributed by atoms with Crippen LogP contribution in [0.3, 0.4) is 0 Å². The highest BCUT2D eigenvalue weighted by molar-refractivity contribution is 5.16. The number of rotatable bonds is 8. The summed E-state index contributed by atoms with van der Waals surface area (Å²) in [6.45, 7) is 6.47. The summed E-state index contributed by atoms with van der Waals surface area (Å²) in [6.07, 6.45) is 13.1. The lowest BCUT2D eigenvalue weighted by Crippen LogP contribution is -1.94. The van der Waals surface area contributed by atoms with E-state index in [-0.39, 0.29) is 0 Å². The molecular formula is C15H24N. The van der Waals surface area contributed by atoms with Crippen LogP contribution in [0.2, 0.25) is 0 Å². The van der Waals surface area contributed by atoms with Crippen molar-refractivity contribution in [1.29, 1.82) is 0 Å². The van der Waals surface area contributed by atoms with Crippen LogP contribution in [-0.4, -0.2) is 4.98 Å². The minimum absolute atomic E-state index is 0.439. The number of aromatic nitrogens is 1. The van der Waals surface area contributed by atoms with Gasteiger partial charge in [-0.2, -0.15) is 0 Å². The van der Waals surface area contributed by atoms with E-state index in [0.29, 0.717) is 5.92 Å². The Bertz CT molecular complexity index is 255. The summed E-state index contributed by atoms with van der Waals surface area (Å²) in [5.74, 6) is 0.439. The molecule has 0 aromatic carbocycles. The van der Waals surface area contributed by atoms with Gasteiger partial charge in [-0.3, -0.25) is 4.98 Å². The van der Waals surface area contributed by atoms with Gasteiger partial charge in [0.25, 0.3) is 0 Å². The van der Waals surface area contributed by atoms with Gasteiger partial charge in [0.05, 0.1) is 0 Å². The monoisotopic (exact) mass is 218 g/mol. The van der Waals surface area contributed by atoms with Gasteiger partial charge in [0.15, 0.2) is 0 Å². The Labute approximate surface area is 100 Å². The molecule has 0 N–H and O–H groups in total. The van der Waals surface area contributed by atoms with E-state index < -0.39 is 0 Å². The van der Waals surface area contributed by atoms with Crippen molar-refractivity contribution in [2.75, 3.05) is 0 Å². The Morgan fingerprint density at radius 1 is 1.06 bits per heavy atom. The minimum Gasteiger partial charge on any atom is -0.265 e. The van der Waals surface area contributed by atoms with Crippen LogP contribution in [0.25, 0.3) is 0 Å². The van der Waals surface area contributed by atoms with Gasteiger partial charge in [0.1, 0.15) is 0 Å². The third kappa shape index (κ3) is 5.29. The zero-order valence-electron chi connectivity index (χ0n) is 10.5. The average molecular weight is 218 g/mol. The molecule has 0 aliphatic rings. The maximum atomic E-state index is 4.21. The Balaban J connectivity index is 2.09. The highest BCUT2D eigenvalue weighted by atomic mass is 14.6. The Kier molecular flexibility index (Phi) is 6.87. The highest BCUT2D eigenvalue weighted by Crippen LogP contribution is 2.20. The topological polar surface area (TPSA) is 12.9 Å². The van der Waals surface area contributed by atoms with Gasteiger partial charge in [-0.05, 0) is 37.0 Å². The van der Waals surface area contributed by atoms with Crippen LogP contribution in [0, 0.1) is 6.92 Å². The third-order valence-corrected chi connectivity index (χ3v) is 3.08. The molecule has 0 amide bonds. The molecule has 1 atom stereocenters. The highest BCUT2D eigenvalue weighted by Gasteiger charge is 2.04. The van der Waals surface area contributed by atoms with Crippen LogP contribution < -0.4 is 0 Å². The van der Waals surface area contributed by atoms with E-state index in [9.17, 15) is 0 Å². The average Bonchev–Trinajstić information content (AvgIpc) is 2.34. The zero-order valence-corrected chi connectivity index (χ0v) is 10.5. The lowest BCUT2D eigenvalue weighted by Gasteiger charge is -2.10. The fraction of sp³-hybridized carbons (Fsp3) is 0.600. The van der Waals surface area contributed by atoms with E-state index in [1.165, 1.54) is 50.5 Å². The molecule has 1 heteroatoms. The first-order chi connectivity index (χ1) is 7.84. The fourth-order valence-electron chi connectivity index (χ4n) is 1.97. The molecule has 16 heavy (non-hydrogen) atoms. The van der Waals surface area contributed by atoms with Crippen LogP contribution >= 0.6 is 0 Å². The molecule has 1 aromatic rings. The first-order valence-corrected chi connectivity index (χ1v) is 6.57. The second kappa shape index (κ2) is 8.32. The Morgan fingerprint density at radius 2 is 1.69 bits per heavy atom. The summed E-state index contributed by atoms with van der Waals surface area (Å²) < 4.78 is 0. The fourth-order valence-corrected chi connectivity index (χ4v) is 1.97. The Morgan fingerprint density at radius 3 is 2.38 bits per heavy atom. The summed E-state index contributed by atoms with van der Waals surface area (Å²) in [7, 11) is 0. The van der Waals surface area contributed by atoms with E-state index in [1.807, 2.05) is 12.4 Å². The van der Waals surface area contributed by atoms with Crippen LogP contribution in [0.15, 0.2) is 24.5 Å². The predicted octanol–water partition coefficient (Wildman–Crippen LogP) is 4.75. The molecule has 0 aliphatic carbocycles. The summed E-state index contributed by atoms with van der Waals surface area (Å²) in [4.78, 5) is 4.03. The summed E-state index contributed by atoms with van der Waals surface area (Å²) in [5, 5.41) is 0. The summed E-state index contributed by atoms with van der Waals surface area (Å²) >= 11 is 0. The molecule has 1 unspecified atom stereocenters. The summed E-state index contributed by atoms with van der Waals surface area (Å²) in [6, 6.07) is 4.16. The molecule has 1 nitrogen and oxygen atoms in total. The molecule has 0 saturated heterocycles. The van der Waals surface area contributed by atoms with E-state index in [4.69, 9.17) is 0 Å². The standard InChI is InChI=1S/C15H24N/c1-3-4-5-6-7-8-9-14(2)15-10-12-16-13-11-15/h10-14H,2-9H2,1H3. The Hall–Kier alpha value is -0.850.